The smallest absolute Gasteiger partial charge is 0.161 e. The Kier molecular flexibility index (Phi) is 3.46. The number of nitrogens with zero attached hydrogens (tertiary/aromatic N) is 2. The summed E-state index contributed by atoms with van der Waals surface area (Å²) in [5, 5.41) is 12.5. The highest BCUT2D eigenvalue weighted by Gasteiger charge is 2.08. The van der Waals surface area contributed by atoms with Gasteiger partial charge in [0, 0.05) is 23.4 Å². The molecular weight excluding hydrogens is 226 g/mol. The highest BCUT2D eigenvalue weighted by Crippen LogP contribution is 2.23. The van der Waals surface area contributed by atoms with Gasteiger partial charge in [-0.1, -0.05) is 0 Å². The number of phenols is 1. The van der Waals surface area contributed by atoms with Gasteiger partial charge in [0.2, 0.25) is 0 Å². The molecule has 2 aromatic rings. The lowest BCUT2D eigenvalue weighted by atomic mass is 10.2. The molecule has 0 aliphatic rings. The van der Waals surface area contributed by atoms with E-state index in [2.05, 4.69) is 15.3 Å². The molecule has 1 aromatic heterocycles. The van der Waals surface area contributed by atoms with Gasteiger partial charge in [0.15, 0.2) is 5.82 Å². The lowest BCUT2D eigenvalue weighted by Crippen LogP contribution is -2.06. The molecule has 18 heavy (non-hydrogen) atoms. The molecule has 0 bridgehead atoms. The fourth-order valence-electron chi connectivity index (χ4n) is 1.71. The van der Waals surface area contributed by atoms with Crippen LogP contribution in [0, 0.1) is 13.8 Å². The topological polar surface area (TPSA) is 58.0 Å². The highest BCUT2D eigenvalue weighted by atomic mass is 16.3. The van der Waals surface area contributed by atoms with Crippen molar-refractivity contribution in [3.63, 3.8) is 0 Å². The van der Waals surface area contributed by atoms with Crippen LogP contribution in [0.1, 0.15) is 18.2 Å². The molecule has 0 saturated heterocycles. The van der Waals surface area contributed by atoms with Crippen molar-refractivity contribution >= 4 is 5.82 Å². The SMILES string of the molecule is CCNc1nc(-c2ccc(O)cc2)nc(C)c1C. The van der Waals surface area contributed by atoms with Crippen molar-refractivity contribution < 1.29 is 5.11 Å². The molecule has 0 atom stereocenters. The average Bonchev–Trinajstić information content (AvgIpc) is 2.36. The Bertz CT molecular complexity index is 550. The monoisotopic (exact) mass is 243 g/mol. The van der Waals surface area contributed by atoms with E-state index in [-0.39, 0.29) is 5.75 Å². The van der Waals surface area contributed by atoms with Gasteiger partial charge in [0.25, 0.3) is 0 Å². The molecule has 0 amide bonds. The number of rotatable bonds is 3. The van der Waals surface area contributed by atoms with Gasteiger partial charge in [0.05, 0.1) is 0 Å². The van der Waals surface area contributed by atoms with E-state index in [4.69, 9.17) is 0 Å². The molecule has 2 rings (SSSR count). The summed E-state index contributed by atoms with van der Waals surface area (Å²) in [6, 6.07) is 6.91. The Labute approximate surface area is 107 Å². The number of aryl methyl sites for hydroxylation is 1. The number of aromatic hydroxyl groups is 1. The van der Waals surface area contributed by atoms with Crippen molar-refractivity contribution in [1.29, 1.82) is 0 Å². The summed E-state index contributed by atoms with van der Waals surface area (Å²) in [5.41, 5.74) is 2.93. The molecule has 0 aliphatic carbocycles. The van der Waals surface area contributed by atoms with Crippen LogP contribution >= 0.6 is 0 Å². The second-order valence-electron chi connectivity index (χ2n) is 4.18. The van der Waals surface area contributed by atoms with Crippen molar-refractivity contribution in [3.8, 4) is 17.1 Å². The summed E-state index contributed by atoms with van der Waals surface area (Å²) in [4.78, 5) is 9.00. The summed E-state index contributed by atoms with van der Waals surface area (Å²) >= 11 is 0. The number of nitrogens with one attached hydrogen (secondary N) is 1. The van der Waals surface area contributed by atoms with Gasteiger partial charge in [-0.15, -0.1) is 0 Å². The van der Waals surface area contributed by atoms with E-state index >= 15 is 0 Å². The van der Waals surface area contributed by atoms with E-state index in [1.807, 2.05) is 32.9 Å². The highest BCUT2D eigenvalue weighted by molar-refractivity contribution is 5.60. The van der Waals surface area contributed by atoms with Crippen molar-refractivity contribution in [2.24, 2.45) is 0 Å². The minimum absolute atomic E-state index is 0.245. The minimum Gasteiger partial charge on any atom is -0.508 e. The molecule has 4 nitrogen and oxygen atoms in total. The predicted molar refractivity (Wildman–Crippen MR) is 72.8 cm³/mol. The zero-order chi connectivity index (χ0) is 13.1. The third kappa shape index (κ3) is 2.42. The molecule has 4 heteroatoms. The van der Waals surface area contributed by atoms with E-state index in [1.165, 1.54) is 0 Å². The molecule has 2 N–H and O–H groups in total. The van der Waals surface area contributed by atoms with Gasteiger partial charge in [-0.2, -0.15) is 0 Å². The molecule has 0 fully saturated rings. The number of benzene rings is 1. The average molecular weight is 243 g/mol. The zero-order valence-electron chi connectivity index (χ0n) is 10.9. The predicted octanol–water partition coefficient (Wildman–Crippen LogP) is 2.90. The molecular formula is C14H17N3O. The van der Waals surface area contributed by atoms with Crippen molar-refractivity contribution in [3.05, 3.63) is 35.5 Å². The first-order chi connectivity index (χ1) is 8.61. The van der Waals surface area contributed by atoms with Crippen LogP contribution in [0.4, 0.5) is 5.82 Å². The first-order valence-corrected chi connectivity index (χ1v) is 6.00. The summed E-state index contributed by atoms with van der Waals surface area (Å²) < 4.78 is 0. The number of aromatic nitrogens is 2. The summed E-state index contributed by atoms with van der Waals surface area (Å²) in [7, 11) is 0. The first-order valence-electron chi connectivity index (χ1n) is 6.00. The van der Waals surface area contributed by atoms with Crippen LogP contribution < -0.4 is 5.32 Å². The quantitative estimate of drug-likeness (QED) is 0.870. The Morgan fingerprint density at radius 3 is 2.39 bits per heavy atom. The molecule has 94 valence electrons. The minimum atomic E-state index is 0.245. The van der Waals surface area contributed by atoms with Gasteiger partial charge in [-0.3, -0.25) is 0 Å². The third-order valence-electron chi connectivity index (χ3n) is 2.86. The van der Waals surface area contributed by atoms with Gasteiger partial charge >= 0.3 is 0 Å². The number of hydrogen-bond donors (Lipinski definition) is 2. The molecule has 0 unspecified atom stereocenters. The van der Waals surface area contributed by atoms with Crippen molar-refractivity contribution in [2.45, 2.75) is 20.8 Å². The lowest BCUT2D eigenvalue weighted by molar-refractivity contribution is 0.475. The first kappa shape index (κ1) is 12.4. The maximum Gasteiger partial charge on any atom is 0.161 e. The molecule has 0 saturated carbocycles. The summed E-state index contributed by atoms with van der Waals surface area (Å²) in [5.74, 6) is 1.79. The van der Waals surface area contributed by atoms with Crippen LogP contribution in [0.15, 0.2) is 24.3 Å². The van der Waals surface area contributed by atoms with Crippen LogP contribution in [0.5, 0.6) is 5.75 Å². The van der Waals surface area contributed by atoms with E-state index in [0.29, 0.717) is 5.82 Å². The van der Waals surface area contributed by atoms with Crippen LogP contribution in [0.3, 0.4) is 0 Å². The second kappa shape index (κ2) is 5.04. The molecule has 1 aromatic carbocycles. The Balaban J connectivity index is 2.48. The van der Waals surface area contributed by atoms with Gasteiger partial charge < -0.3 is 10.4 Å². The van der Waals surface area contributed by atoms with Crippen LogP contribution in [0.25, 0.3) is 11.4 Å². The Morgan fingerprint density at radius 2 is 1.78 bits per heavy atom. The standard InChI is InChI=1S/C14H17N3O/c1-4-15-13-9(2)10(3)16-14(17-13)11-5-7-12(18)8-6-11/h5-8,18H,4H2,1-3H3,(H,15,16,17). The van der Waals surface area contributed by atoms with E-state index < -0.39 is 0 Å². The lowest BCUT2D eigenvalue weighted by Gasteiger charge is -2.11. The number of hydrogen-bond acceptors (Lipinski definition) is 4. The molecule has 0 aliphatic heterocycles. The van der Waals surface area contributed by atoms with E-state index in [1.54, 1.807) is 12.1 Å². The maximum absolute atomic E-state index is 9.29. The molecule has 1 heterocycles. The van der Waals surface area contributed by atoms with Crippen LogP contribution in [-0.4, -0.2) is 21.6 Å². The summed E-state index contributed by atoms with van der Waals surface area (Å²) in [6.07, 6.45) is 0. The van der Waals surface area contributed by atoms with E-state index in [9.17, 15) is 5.11 Å². The molecule has 0 radical (unpaired) electrons. The largest absolute Gasteiger partial charge is 0.508 e. The van der Waals surface area contributed by atoms with Gasteiger partial charge in [-0.25, -0.2) is 9.97 Å². The number of anilines is 1. The van der Waals surface area contributed by atoms with Crippen LogP contribution in [0.2, 0.25) is 0 Å². The van der Waals surface area contributed by atoms with Gasteiger partial charge in [-0.05, 0) is 45.0 Å². The van der Waals surface area contributed by atoms with Crippen LogP contribution in [-0.2, 0) is 0 Å². The fraction of sp³-hybridized carbons (Fsp3) is 0.286. The van der Waals surface area contributed by atoms with Gasteiger partial charge in [0.1, 0.15) is 11.6 Å². The normalized spacial score (nSPS) is 10.4. The Hall–Kier alpha value is -2.10. The fourth-order valence-corrected chi connectivity index (χ4v) is 1.71. The third-order valence-corrected chi connectivity index (χ3v) is 2.86. The van der Waals surface area contributed by atoms with Crippen molar-refractivity contribution in [1.82, 2.24) is 9.97 Å². The number of phenolic OH excluding ortho intramolecular Hbond substituents is 1. The van der Waals surface area contributed by atoms with E-state index in [0.717, 1.165) is 29.2 Å². The molecule has 0 spiro atoms. The Morgan fingerprint density at radius 1 is 1.11 bits per heavy atom. The maximum atomic E-state index is 9.29. The second-order valence-corrected chi connectivity index (χ2v) is 4.18. The zero-order valence-corrected chi connectivity index (χ0v) is 10.9. The summed E-state index contributed by atoms with van der Waals surface area (Å²) in [6.45, 7) is 6.85. The van der Waals surface area contributed by atoms with Crippen molar-refractivity contribution in [2.75, 3.05) is 11.9 Å².